The lowest BCUT2D eigenvalue weighted by Crippen LogP contribution is -2.18. The van der Waals surface area contributed by atoms with E-state index in [2.05, 4.69) is 25.6 Å². The summed E-state index contributed by atoms with van der Waals surface area (Å²) in [6, 6.07) is 10.7. The molecular weight excluding hydrogens is 532 g/mol. The van der Waals surface area contributed by atoms with Gasteiger partial charge in [0.2, 0.25) is 5.91 Å². The Balaban J connectivity index is 1.20. The van der Waals surface area contributed by atoms with Gasteiger partial charge < -0.3 is 19.9 Å². The van der Waals surface area contributed by atoms with Crippen molar-refractivity contribution in [2.24, 2.45) is 0 Å². The zero-order valence-electron chi connectivity index (χ0n) is 19.6. The van der Waals surface area contributed by atoms with E-state index >= 15 is 0 Å². The third-order valence-electron chi connectivity index (χ3n) is 5.56. The Bertz CT molecular complexity index is 1540. The van der Waals surface area contributed by atoms with Gasteiger partial charge in [-0.25, -0.2) is 15.0 Å². The first kappa shape index (κ1) is 24.9. The molecule has 37 heavy (non-hydrogen) atoms. The highest BCUT2D eigenvalue weighted by Gasteiger charge is 2.19. The molecule has 0 spiro atoms. The molecule has 0 radical (unpaired) electrons. The number of carbonyl (C=O) groups excluding carboxylic acids is 2. The normalized spacial score (nSPS) is 11.8. The number of fused-ring (bicyclic) bond motifs is 1. The molecule has 0 aliphatic carbocycles. The van der Waals surface area contributed by atoms with Crippen LogP contribution in [-0.2, 0) is 11.3 Å². The Morgan fingerprint density at radius 2 is 2.08 bits per heavy atom. The van der Waals surface area contributed by atoms with Gasteiger partial charge in [0.25, 0.3) is 5.91 Å². The van der Waals surface area contributed by atoms with Crippen LogP contribution in [0.2, 0.25) is 5.02 Å². The number of anilines is 2. The van der Waals surface area contributed by atoms with Crippen molar-refractivity contribution in [2.45, 2.75) is 19.4 Å². The second-order valence-electron chi connectivity index (χ2n) is 8.08. The summed E-state index contributed by atoms with van der Waals surface area (Å²) in [5.74, 6) is -0.388. The molecule has 0 saturated heterocycles. The average Bonchev–Trinajstić information content (AvgIpc) is 3.66. The van der Waals surface area contributed by atoms with Gasteiger partial charge in [-0.1, -0.05) is 29.0 Å². The Morgan fingerprint density at radius 3 is 2.84 bits per heavy atom. The number of hydrogen-bond donors (Lipinski definition) is 2. The van der Waals surface area contributed by atoms with Gasteiger partial charge in [-0.2, -0.15) is 0 Å². The highest BCUT2D eigenvalue weighted by atomic mass is 35.5. The molecule has 0 aliphatic heterocycles. The molecule has 188 valence electrons. The first-order valence-corrected chi connectivity index (χ1v) is 13.4. The van der Waals surface area contributed by atoms with Crippen molar-refractivity contribution in [3.8, 4) is 5.75 Å². The van der Waals surface area contributed by atoms with Crippen LogP contribution in [0, 0.1) is 0 Å². The number of nitrogens with one attached hydrogen (secondary N) is 2. The maximum absolute atomic E-state index is 12.9. The minimum absolute atomic E-state index is 0.207. The number of hydrogen-bond acceptors (Lipinski definition) is 8. The number of amides is 2. The predicted octanol–water partition coefficient (Wildman–Crippen LogP) is 5.68. The van der Waals surface area contributed by atoms with Crippen molar-refractivity contribution >= 4 is 67.1 Å². The summed E-state index contributed by atoms with van der Waals surface area (Å²) >= 11 is 9.10. The zero-order valence-corrected chi connectivity index (χ0v) is 21.9. The topological polar surface area (TPSA) is 111 Å². The van der Waals surface area contributed by atoms with Crippen molar-refractivity contribution < 1.29 is 14.3 Å². The lowest BCUT2D eigenvalue weighted by atomic mass is 10.0. The van der Waals surface area contributed by atoms with E-state index in [0.717, 1.165) is 15.8 Å². The minimum Gasteiger partial charge on any atom is -0.490 e. The third kappa shape index (κ3) is 5.96. The molecule has 1 unspecified atom stereocenters. The predicted molar refractivity (Wildman–Crippen MR) is 146 cm³/mol. The van der Waals surface area contributed by atoms with E-state index in [4.69, 9.17) is 16.3 Å². The molecule has 12 heteroatoms. The number of halogens is 1. The van der Waals surface area contributed by atoms with Crippen LogP contribution < -0.4 is 15.4 Å². The van der Waals surface area contributed by atoms with Gasteiger partial charge >= 0.3 is 0 Å². The van der Waals surface area contributed by atoms with Crippen LogP contribution in [0.3, 0.4) is 0 Å². The van der Waals surface area contributed by atoms with Crippen LogP contribution in [0.25, 0.3) is 10.2 Å². The monoisotopic (exact) mass is 552 g/mol. The van der Waals surface area contributed by atoms with Gasteiger partial charge in [0.05, 0.1) is 39.5 Å². The Kier molecular flexibility index (Phi) is 7.45. The van der Waals surface area contributed by atoms with Crippen molar-refractivity contribution in [2.75, 3.05) is 17.2 Å². The van der Waals surface area contributed by atoms with Crippen LogP contribution in [0.5, 0.6) is 5.75 Å². The molecule has 2 aromatic carbocycles. The van der Waals surface area contributed by atoms with Gasteiger partial charge in [0, 0.05) is 23.5 Å². The summed E-state index contributed by atoms with van der Waals surface area (Å²) < 4.78 is 8.52. The number of imidazole rings is 1. The highest BCUT2D eigenvalue weighted by Crippen LogP contribution is 2.31. The van der Waals surface area contributed by atoms with Crippen LogP contribution in [0.15, 0.2) is 66.0 Å². The number of rotatable bonds is 9. The Hall–Kier alpha value is -3.80. The fourth-order valence-electron chi connectivity index (χ4n) is 3.52. The molecule has 0 saturated carbocycles. The van der Waals surface area contributed by atoms with E-state index in [-0.39, 0.29) is 11.8 Å². The summed E-state index contributed by atoms with van der Waals surface area (Å²) in [4.78, 5) is 37.7. The van der Waals surface area contributed by atoms with E-state index in [1.807, 2.05) is 22.9 Å². The molecule has 2 amide bonds. The quantitative estimate of drug-likeness (QED) is 0.243. The molecule has 1 atom stereocenters. The molecule has 3 heterocycles. The fourth-order valence-corrected chi connectivity index (χ4v) is 5.21. The first-order chi connectivity index (χ1) is 18.0. The van der Waals surface area contributed by atoms with Crippen molar-refractivity contribution in [1.82, 2.24) is 19.5 Å². The molecule has 0 bridgehead atoms. The maximum atomic E-state index is 12.9. The van der Waals surface area contributed by atoms with Crippen LogP contribution >= 0.6 is 34.3 Å². The van der Waals surface area contributed by atoms with E-state index in [9.17, 15) is 9.59 Å². The number of nitrogens with zero attached hydrogens (tertiary/aromatic N) is 4. The lowest BCUT2D eigenvalue weighted by molar-refractivity contribution is -0.117. The summed E-state index contributed by atoms with van der Waals surface area (Å²) in [5.41, 5.74) is 4.09. The van der Waals surface area contributed by atoms with Crippen LogP contribution in [0.1, 0.15) is 28.9 Å². The van der Waals surface area contributed by atoms with Gasteiger partial charge in [-0.15, -0.1) is 11.3 Å². The van der Waals surface area contributed by atoms with E-state index < -0.39 is 5.92 Å². The second kappa shape index (κ2) is 11.1. The van der Waals surface area contributed by atoms with E-state index in [1.165, 1.54) is 22.7 Å². The Labute approximate surface area is 225 Å². The summed E-state index contributed by atoms with van der Waals surface area (Å²) in [5, 5.41) is 8.31. The molecule has 5 aromatic rings. The fraction of sp³-hybridized carbons (Fsp3) is 0.160. The minimum atomic E-state index is -0.461. The summed E-state index contributed by atoms with van der Waals surface area (Å²) in [6.07, 6.45) is 5.30. The largest absolute Gasteiger partial charge is 0.490 e. The van der Waals surface area contributed by atoms with Crippen LogP contribution in [-0.4, -0.2) is 37.9 Å². The maximum Gasteiger partial charge on any atom is 0.275 e. The van der Waals surface area contributed by atoms with Crippen molar-refractivity contribution in [3.63, 3.8) is 0 Å². The number of ether oxygens (including phenoxy) is 1. The van der Waals surface area contributed by atoms with Gasteiger partial charge in [-0.3, -0.25) is 9.59 Å². The highest BCUT2D eigenvalue weighted by molar-refractivity contribution is 7.22. The lowest BCUT2D eigenvalue weighted by Gasteiger charge is -2.14. The second-order valence-corrected chi connectivity index (χ2v) is 10.2. The molecule has 3 aromatic heterocycles. The van der Waals surface area contributed by atoms with E-state index in [1.54, 1.807) is 54.6 Å². The standard InChI is InChI=1S/C25H21ClN6O3S2/c1-15(16-2-5-21(18(26)10-16)35-9-8-32-7-6-27-13-32)23(33)31-25-30-19-4-3-17(11-22(19)37-25)29-24(34)20-12-36-14-28-20/h2-7,10-15H,8-9H2,1H3,(H,29,34)(H,30,31,33). The Morgan fingerprint density at radius 1 is 1.19 bits per heavy atom. The number of carbonyl (C=O) groups is 2. The van der Waals surface area contributed by atoms with Crippen LogP contribution in [0.4, 0.5) is 10.8 Å². The van der Waals surface area contributed by atoms with E-state index in [0.29, 0.717) is 40.4 Å². The van der Waals surface area contributed by atoms with Gasteiger partial charge in [0.1, 0.15) is 18.1 Å². The smallest absolute Gasteiger partial charge is 0.275 e. The molecule has 9 nitrogen and oxygen atoms in total. The molecule has 0 aliphatic rings. The molecule has 2 N–H and O–H groups in total. The average molecular weight is 553 g/mol. The first-order valence-electron chi connectivity index (χ1n) is 11.3. The molecular formula is C25H21ClN6O3S2. The third-order valence-corrected chi connectivity index (χ3v) is 7.37. The summed E-state index contributed by atoms with van der Waals surface area (Å²) in [7, 11) is 0. The SMILES string of the molecule is CC(C(=O)Nc1nc2ccc(NC(=O)c3cscn3)cc2s1)c1ccc(OCCn2ccnc2)c(Cl)c1. The molecule has 5 rings (SSSR count). The van der Waals surface area contributed by atoms with Gasteiger partial charge in [-0.05, 0) is 42.8 Å². The number of benzene rings is 2. The van der Waals surface area contributed by atoms with Gasteiger partial charge in [0.15, 0.2) is 5.13 Å². The zero-order chi connectivity index (χ0) is 25.8. The van der Waals surface area contributed by atoms with Crippen molar-refractivity contribution in [1.29, 1.82) is 0 Å². The number of thiazole rings is 2. The number of aromatic nitrogens is 4. The van der Waals surface area contributed by atoms with Crippen molar-refractivity contribution in [3.05, 3.63) is 82.3 Å². The molecule has 0 fully saturated rings. The summed E-state index contributed by atoms with van der Waals surface area (Å²) in [6.45, 7) is 2.90.